The van der Waals surface area contributed by atoms with Crippen LogP contribution in [0.1, 0.15) is 61.8 Å². The number of rotatable bonds is 0. The number of fused-ring (bicyclic) bond motifs is 4. The second-order valence-corrected chi connectivity index (χ2v) is 8.36. The molecule has 0 amide bonds. The lowest BCUT2D eigenvalue weighted by Gasteiger charge is -2.33. The zero-order valence-electron chi connectivity index (χ0n) is 17.0. The summed E-state index contributed by atoms with van der Waals surface area (Å²) in [6.07, 6.45) is -0.155. The van der Waals surface area contributed by atoms with Crippen molar-refractivity contribution >= 4 is 11.0 Å². The summed E-state index contributed by atoms with van der Waals surface area (Å²) in [4.78, 5) is 12.6. The molecule has 0 fully saturated rings. The molecule has 5 nitrogen and oxygen atoms in total. The topological polar surface area (TPSA) is 68.9 Å². The zero-order chi connectivity index (χ0) is 20.1. The number of benzene rings is 2. The molecule has 1 aliphatic carbocycles. The molecule has 3 aliphatic heterocycles. The van der Waals surface area contributed by atoms with E-state index in [2.05, 4.69) is 13.8 Å². The van der Waals surface area contributed by atoms with Crippen LogP contribution in [0.5, 0.6) is 17.2 Å². The van der Waals surface area contributed by atoms with Gasteiger partial charge in [0.15, 0.2) is 16.8 Å². The molecule has 0 aromatic heterocycles. The molecule has 5 heteroatoms. The predicted molar refractivity (Wildman–Crippen MR) is 107 cm³/mol. The van der Waals surface area contributed by atoms with Gasteiger partial charge in [0.05, 0.1) is 5.56 Å². The van der Waals surface area contributed by atoms with Crippen molar-refractivity contribution in [2.75, 3.05) is 0 Å². The van der Waals surface area contributed by atoms with Gasteiger partial charge in [0.1, 0.15) is 34.9 Å². The van der Waals surface area contributed by atoms with Gasteiger partial charge < -0.3 is 19.0 Å². The molecule has 1 aromatic carbocycles. The fourth-order valence-electron chi connectivity index (χ4n) is 4.84. The highest BCUT2D eigenvalue weighted by Gasteiger charge is 2.39. The SMILES string of the molecule is Cc1c2c(c3oc4cc(=O)c(C)c5c-4c(c3c1O)O[C@@H](C)[C@@H]5C)O[C@@H](C)[C@H]2C. The second kappa shape index (κ2) is 5.43. The summed E-state index contributed by atoms with van der Waals surface area (Å²) in [6, 6.07) is 1.52. The molecular weight excluding hydrogens is 356 g/mol. The van der Waals surface area contributed by atoms with Crippen LogP contribution in [0.3, 0.4) is 0 Å². The molecule has 0 unspecified atom stereocenters. The van der Waals surface area contributed by atoms with E-state index in [9.17, 15) is 9.90 Å². The molecule has 146 valence electrons. The molecule has 5 rings (SSSR count). The van der Waals surface area contributed by atoms with Gasteiger partial charge in [-0.2, -0.15) is 0 Å². The largest absolute Gasteiger partial charge is 0.507 e. The van der Waals surface area contributed by atoms with Gasteiger partial charge in [-0.1, -0.05) is 13.8 Å². The van der Waals surface area contributed by atoms with Crippen molar-refractivity contribution in [3.63, 3.8) is 0 Å². The van der Waals surface area contributed by atoms with Crippen LogP contribution in [-0.4, -0.2) is 17.3 Å². The van der Waals surface area contributed by atoms with Crippen molar-refractivity contribution in [3.8, 4) is 28.6 Å². The maximum absolute atomic E-state index is 12.6. The number of hydrogen-bond acceptors (Lipinski definition) is 5. The van der Waals surface area contributed by atoms with Crippen molar-refractivity contribution in [3.05, 3.63) is 38.5 Å². The molecule has 0 bridgehead atoms. The first-order valence-electron chi connectivity index (χ1n) is 9.85. The lowest BCUT2D eigenvalue weighted by molar-refractivity contribution is 0.187. The van der Waals surface area contributed by atoms with E-state index in [1.54, 1.807) is 0 Å². The molecule has 28 heavy (non-hydrogen) atoms. The molecule has 0 radical (unpaired) electrons. The normalized spacial score (nSPS) is 25.6. The van der Waals surface area contributed by atoms with Gasteiger partial charge in [-0.3, -0.25) is 4.79 Å². The van der Waals surface area contributed by atoms with E-state index in [-0.39, 0.29) is 35.2 Å². The Kier molecular flexibility index (Phi) is 3.38. The third-order valence-electron chi connectivity index (χ3n) is 6.82. The molecule has 3 heterocycles. The van der Waals surface area contributed by atoms with Gasteiger partial charge >= 0.3 is 0 Å². The lowest BCUT2D eigenvalue weighted by Crippen LogP contribution is -2.28. The first-order chi connectivity index (χ1) is 13.2. The summed E-state index contributed by atoms with van der Waals surface area (Å²) < 4.78 is 18.7. The molecule has 0 spiro atoms. The van der Waals surface area contributed by atoms with Crippen LogP contribution in [0.4, 0.5) is 0 Å². The van der Waals surface area contributed by atoms with Gasteiger partial charge in [0, 0.05) is 29.0 Å². The van der Waals surface area contributed by atoms with E-state index in [1.807, 2.05) is 27.7 Å². The number of phenolic OH excluding ortho intramolecular Hbond substituents is 1. The maximum atomic E-state index is 12.6. The van der Waals surface area contributed by atoms with Gasteiger partial charge in [0.25, 0.3) is 0 Å². The Morgan fingerprint density at radius 1 is 0.893 bits per heavy atom. The zero-order valence-corrected chi connectivity index (χ0v) is 17.0. The smallest absolute Gasteiger partial charge is 0.185 e. The van der Waals surface area contributed by atoms with Gasteiger partial charge in [0.2, 0.25) is 0 Å². The van der Waals surface area contributed by atoms with Crippen LogP contribution in [0.25, 0.3) is 22.3 Å². The minimum atomic E-state index is -0.131. The minimum absolute atomic E-state index is 0.0236. The summed E-state index contributed by atoms with van der Waals surface area (Å²) in [5.74, 6) is 2.05. The van der Waals surface area contributed by atoms with Crippen molar-refractivity contribution in [2.24, 2.45) is 0 Å². The maximum Gasteiger partial charge on any atom is 0.185 e. The number of ether oxygens (including phenoxy) is 2. The van der Waals surface area contributed by atoms with E-state index < -0.39 is 0 Å². The molecular formula is C23H24O5. The Morgan fingerprint density at radius 3 is 2.18 bits per heavy atom. The molecule has 4 aliphatic rings. The fourth-order valence-corrected chi connectivity index (χ4v) is 4.84. The number of aromatic hydroxyl groups is 1. The van der Waals surface area contributed by atoms with E-state index in [1.165, 1.54) is 6.07 Å². The Bertz CT molecular complexity index is 1190. The average Bonchev–Trinajstić information content (AvgIpc) is 2.95. The quantitative estimate of drug-likeness (QED) is 0.557. The molecule has 4 atom stereocenters. The van der Waals surface area contributed by atoms with Crippen LogP contribution < -0.4 is 14.9 Å². The molecule has 1 N–H and O–H groups in total. The highest BCUT2D eigenvalue weighted by Crippen LogP contribution is 2.56. The molecule has 0 saturated heterocycles. The van der Waals surface area contributed by atoms with Gasteiger partial charge in [-0.15, -0.1) is 0 Å². The van der Waals surface area contributed by atoms with E-state index >= 15 is 0 Å². The van der Waals surface area contributed by atoms with Crippen molar-refractivity contribution in [1.82, 2.24) is 0 Å². The van der Waals surface area contributed by atoms with Gasteiger partial charge in [-0.25, -0.2) is 0 Å². The second-order valence-electron chi connectivity index (χ2n) is 8.36. The first-order valence-corrected chi connectivity index (χ1v) is 9.85. The summed E-state index contributed by atoms with van der Waals surface area (Å²) in [6.45, 7) is 11.9. The van der Waals surface area contributed by atoms with Gasteiger partial charge in [-0.05, 0) is 38.8 Å². The van der Waals surface area contributed by atoms with Crippen LogP contribution >= 0.6 is 0 Å². The van der Waals surface area contributed by atoms with Crippen molar-refractivity contribution in [1.29, 1.82) is 0 Å². The number of hydrogen-bond donors (Lipinski definition) is 1. The van der Waals surface area contributed by atoms with Crippen LogP contribution in [-0.2, 0) is 0 Å². The monoisotopic (exact) mass is 380 g/mol. The third-order valence-corrected chi connectivity index (χ3v) is 6.82. The predicted octanol–water partition coefficient (Wildman–Crippen LogP) is 4.99. The Hall–Kier alpha value is -2.69. The summed E-state index contributed by atoms with van der Waals surface area (Å²) in [5, 5.41) is 11.7. The Morgan fingerprint density at radius 2 is 1.50 bits per heavy atom. The van der Waals surface area contributed by atoms with Crippen LogP contribution in [0, 0.1) is 13.8 Å². The third kappa shape index (κ3) is 1.94. The average molecular weight is 380 g/mol. The Balaban J connectivity index is 2.04. The summed E-state index contributed by atoms with van der Waals surface area (Å²) in [5.41, 5.74) is 4.59. The van der Waals surface area contributed by atoms with Crippen LogP contribution in [0.2, 0.25) is 0 Å². The highest BCUT2D eigenvalue weighted by molar-refractivity contribution is 6.02. The van der Waals surface area contributed by atoms with Crippen molar-refractivity contribution < 1.29 is 19.0 Å². The molecule has 0 saturated carbocycles. The summed E-state index contributed by atoms with van der Waals surface area (Å²) in [7, 11) is 0. The standard InChI is InChI=1S/C23H24O5/c1-8-12(5)26-21-18-15(7-14(24)10(3)16(8)18)28-23-19(21)20(25)11(4)17-9(2)13(6)27-22(17)23/h7-9,12-13,25H,1-6H3/t8-,9+,12-,13-/m0/s1. The van der Waals surface area contributed by atoms with Crippen LogP contribution in [0.15, 0.2) is 15.3 Å². The lowest BCUT2D eigenvalue weighted by atomic mass is 9.83. The summed E-state index contributed by atoms with van der Waals surface area (Å²) >= 11 is 0. The van der Waals surface area contributed by atoms with E-state index in [0.717, 1.165) is 22.3 Å². The number of phenols is 1. The van der Waals surface area contributed by atoms with Crippen molar-refractivity contribution in [2.45, 2.75) is 65.6 Å². The van der Waals surface area contributed by atoms with E-state index in [0.29, 0.717) is 33.8 Å². The first kappa shape index (κ1) is 17.4. The highest BCUT2D eigenvalue weighted by atomic mass is 16.5. The fraction of sp³-hybridized carbons (Fsp3) is 0.435. The minimum Gasteiger partial charge on any atom is -0.507 e. The Labute approximate surface area is 163 Å². The van der Waals surface area contributed by atoms with E-state index in [4.69, 9.17) is 13.9 Å². The molecule has 1 aromatic rings.